The maximum absolute atomic E-state index is 12.8. The van der Waals surface area contributed by atoms with Crippen molar-refractivity contribution in [3.05, 3.63) is 53.6 Å². The lowest BCUT2D eigenvalue weighted by Gasteiger charge is -2.27. The van der Waals surface area contributed by atoms with Crippen LogP contribution >= 0.6 is 0 Å². The number of anilines is 2. The quantitative estimate of drug-likeness (QED) is 0.654. The van der Waals surface area contributed by atoms with Crippen LogP contribution in [0.5, 0.6) is 0 Å². The van der Waals surface area contributed by atoms with Crippen molar-refractivity contribution < 1.29 is 4.79 Å². The molecule has 3 heterocycles. The molecule has 1 aliphatic heterocycles. The number of amides is 1. The standard InChI is InChI=1S/C22H28N8O/c1-16-18(14-24-30(16)17-10-6-4-7-11-17)20(31)23-15-19-25-21(28(2)3)27-22(26-19)29-12-8-5-9-13-29/h4,6-7,10-11,14H,5,8-9,12-13,15H2,1-3H3,(H,23,31). The summed E-state index contributed by atoms with van der Waals surface area (Å²) in [6.07, 6.45) is 5.11. The largest absolute Gasteiger partial charge is 0.347 e. The lowest BCUT2D eigenvalue weighted by Crippen LogP contribution is -2.33. The summed E-state index contributed by atoms with van der Waals surface area (Å²) in [7, 11) is 3.80. The number of aromatic nitrogens is 5. The van der Waals surface area contributed by atoms with Crippen LogP contribution in [0.3, 0.4) is 0 Å². The summed E-state index contributed by atoms with van der Waals surface area (Å²) in [5.41, 5.74) is 2.22. The Bertz CT molecular complexity index is 1040. The Kier molecular flexibility index (Phi) is 6.11. The van der Waals surface area contributed by atoms with Crippen molar-refractivity contribution in [3.63, 3.8) is 0 Å². The van der Waals surface area contributed by atoms with E-state index in [0.717, 1.165) is 37.3 Å². The lowest BCUT2D eigenvalue weighted by molar-refractivity contribution is 0.0949. The Morgan fingerprint density at radius 1 is 1.06 bits per heavy atom. The second-order valence-corrected chi connectivity index (χ2v) is 7.87. The van der Waals surface area contributed by atoms with Crippen LogP contribution in [0.15, 0.2) is 36.5 Å². The van der Waals surface area contributed by atoms with Crippen molar-refractivity contribution in [2.45, 2.75) is 32.7 Å². The summed E-state index contributed by atoms with van der Waals surface area (Å²) in [5.74, 6) is 1.61. The van der Waals surface area contributed by atoms with Gasteiger partial charge in [0.05, 0.1) is 29.7 Å². The molecule has 1 aliphatic rings. The number of carbonyl (C=O) groups excluding carboxylic acids is 1. The van der Waals surface area contributed by atoms with Crippen LogP contribution in [0, 0.1) is 6.92 Å². The molecule has 0 spiro atoms. The molecule has 1 saturated heterocycles. The van der Waals surface area contributed by atoms with Crippen molar-refractivity contribution >= 4 is 17.8 Å². The molecule has 0 unspecified atom stereocenters. The minimum atomic E-state index is -0.203. The van der Waals surface area contributed by atoms with Crippen molar-refractivity contribution in [2.75, 3.05) is 37.0 Å². The zero-order chi connectivity index (χ0) is 21.8. The SMILES string of the molecule is Cc1c(C(=O)NCc2nc(N(C)C)nc(N3CCCCC3)n2)cnn1-c1ccccc1. The Morgan fingerprint density at radius 2 is 1.81 bits per heavy atom. The average Bonchev–Trinajstić information content (AvgIpc) is 3.19. The van der Waals surface area contributed by atoms with Gasteiger partial charge < -0.3 is 15.1 Å². The van der Waals surface area contributed by atoms with Crippen LogP contribution in [0.4, 0.5) is 11.9 Å². The third-order valence-corrected chi connectivity index (χ3v) is 5.36. The normalized spacial score (nSPS) is 13.8. The third kappa shape index (κ3) is 4.65. The molecule has 0 saturated carbocycles. The van der Waals surface area contributed by atoms with Crippen molar-refractivity contribution in [2.24, 2.45) is 0 Å². The van der Waals surface area contributed by atoms with Crippen LogP contribution < -0.4 is 15.1 Å². The Morgan fingerprint density at radius 3 is 2.52 bits per heavy atom. The first-order valence-corrected chi connectivity index (χ1v) is 10.6. The topological polar surface area (TPSA) is 92.1 Å². The number of para-hydroxylation sites is 1. The lowest BCUT2D eigenvalue weighted by atomic mass is 10.1. The van der Waals surface area contributed by atoms with E-state index in [0.29, 0.717) is 23.3 Å². The number of piperidine rings is 1. The van der Waals surface area contributed by atoms with Gasteiger partial charge in [-0.2, -0.15) is 20.1 Å². The molecule has 1 aromatic carbocycles. The molecular weight excluding hydrogens is 392 g/mol. The molecule has 31 heavy (non-hydrogen) atoms. The van der Waals surface area contributed by atoms with Crippen molar-refractivity contribution in [1.82, 2.24) is 30.0 Å². The monoisotopic (exact) mass is 420 g/mol. The Labute approximate surface area is 182 Å². The van der Waals surface area contributed by atoms with E-state index >= 15 is 0 Å². The summed E-state index contributed by atoms with van der Waals surface area (Å²) >= 11 is 0. The van der Waals surface area contributed by atoms with E-state index in [1.54, 1.807) is 10.9 Å². The van der Waals surface area contributed by atoms with E-state index in [4.69, 9.17) is 0 Å². The van der Waals surface area contributed by atoms with Gasteiger partial charge in [-0.05, 0) is 38.3 Å². The maximum Gasteiger partial charge on any atom is 0.255 e. The summed E-state index contributed by atoms with van der Waals surface area (Å²) < 4.78 is 1.76. The molecule has 0 bridgehead atoms. The zero-order valence-corrected chi connectivity index (χ0v) is 18.2. The molecule has 9 nitrogen and oxygen atoms in total. The van der Waals surface area contributed by atoms with Crippen LogP contribution in [-0.2, 0) is 6.54 Å². The zero-order valence-electron chi connectivity index (χ0n) is 18.2. The number of nitrogens with one attached hydrogen (secondary N) is 1. The van der Waals surface area contributed by atoms with E-state index in [9.17, 15) is 4.79 Å². The van der Waals surface area contributed by atoms with Crippen molar-refractivity contribution in [1.29, 1.82) is 0 Å². The Hall–Kier alpha value is -3.49. The minimum absolute atomic E-state index is 0.203. The van der Waals surface area contributed by atoms with Gasteiger partial charge in [-0.15, -0.1) is 0 Å². The summed E-state index contributed by atoms with van der Waals surface area (Å²) in [4.78, 5) is 30.6. The first-order chi connectivity index (χ1) is 15.0. The van der Waals surface area contributed by atoms with Gasteiger partial charge in [0, 0.05) is 27.2 Å². The molecular formula is C22H28N8O. The van der Waals surface area contributed by atoms with Gasteiger partial charge in [0.1, 0.15) is 0 Å². The van der Waals surface area contributed by atoms with Crippen LogP contribution in [0.2, 0.25) is 0 Å². The molecule has 0 radical (unpaired) electrons. The van der Waals surface area contributed by atoms with Gasteiger partial charge in [-0.1, -0.05) is 18.2 Å². The smallest absolute Gasteiger partial charge is 0.255 e. The summed E-state index contributed by atoms with van der Waals surface area (Å²) in [5, 5.41) is 7.31. The van der Waals surface area contributed by atoms with Crippen LogP contribution in [0.1, 0.15) is 41.1 Å². The van der Waals surface area contributed by atoms with Gasteiger partial charge in [0.25, 0.3) is 5.91 Å². The van der Waals surface area contributed by atoms with Gasteiger partial charge in [-0.3, -0.25) is 4.79 Å². The van der Waals surface area contributed by atoms with Crippen LogP contribution in [0.25, 0.3) is 5.69 Å². The third-order valence-electron chi connectivity index (χ3n) is 5.36. The highest BCUT2D eigenvalue weighted by molar-refractivity contribution is 5.95. The number of benzene rings is 1. The molecule has 1 fully saturated rings. The summed E-state index contributed by atoms with van der Waals surface area (Å²) in [6.45, 7) is 4.00. The highest BCUT2D eigenvalue weighted by Crippen LogP contribution is 2.18. The second kappa shape index (κ2) is 9.11. The molecule has 0 atom stereocenters. The highest BCUT2D eigenvalue weighted by Gasteiger charge is 2.19. The molecule has 1 amide bonds. The molecule has 9 heteroatoms. The second-order valence-electron chi connectivity index (χ2n) is 7.87. The minimum Gasteiger partial charge on any atom is -0.347 e. The average molecular weight is 421 g/mol. The number of hydrogen-bond acceptors (Lipinski definition) is 7. The number of carbonyl (C=O) groups is 1. The van der Waals surface area contributed by atoms with E-state index in [1.807, 2.05) is 56.3 Å². The Balaban J connectivity index is 1.50. The van der Waals surface area contributed by atoms with Crippen LogP contribution in [-0.4, -0.2) is 57.8 Å². The van der Waals surface area contributed by atoms with Gasteiger partial charge in [0.2, 0.25) is 11.9 Å². The molecule has 4 rings (SSSR count). The van der Waals surface area contributed by atoms with E-state index in [1.165, 1.54) is 6.42 Å². The molecule has 0 aliphatic carbocycles. The van der Waals surface area contributed by atoms with Crippen molar-refractivity contribution in [3.8, 4) is 5.69 Å². The molecule has 1 N–H and O–H groups in total. The van der Waals surface area contributed by atoms with E-state index in [-0.39, 0.29) is 12.5 Å². The fourth-order valence-corrected chi connectivity index (χ4v) is 3.63. The van der Waals surface area contributed by atoms with E-state index in [2.05, 4.69) is 30.3 Å². The van der Waals surface area contributed by atoms with E-state index < -0.39 is 0 Å². The number of nitrogens with zero attached hydrogens (tertiary/aromatic N) is 7. The number of rotatable bonds is 6. The predicted molar refractivity (Wildman–Crippen MR) is 120 cm³/mol. The molecule has 162 valence electrons. The summed E-state index contributed by atoms with van der Waals surface area (Å²) in [6, 6.07) is 9.75. The van der Waals surface area contributed by atoms with Gasteiger partial charge in [0.15, 0.2) is 5.82 Å². The fraction of sp³-hybridized carbons (Fsp3) is 0.409. The first-order valence-electron chi connectivity index (χ1n) is 10.6. The maximum atomic E-state index is 12.8. The number of hydrogen-bond donors (Lipinski definition) is 1. The first kappa shape index (κ1) is 20.8. The molecule has 3 aromatic rings. The molecule has 2 aromatic heterocycles. The predicted octanol–water partition coefficient (Wildman–Crippen LogP) is 2.35. The fourth-order valence-electron chi connectivity index (χ4n) is 3.63. The highest BCUT2D eigenvalue weighted by atomic mass is 16.1. The van der Waals surface area contributed by atoms with Gasteiger partial charge in [-0.25, -0.2) is 4.68 Å². The van der Waals surface area contributed by atoms with Gasteiger partial charge >= 0.3 is 0 Å².